The third kappa shape index (κ3) is 2.42. The topological polar surface area (TPSA) is 58.9 Å². The quantitative estimate of drug-likeness (QED) is 0.736. The summed E-state index contributed by atoms with van der Waals surface area (Å²) in [6.07, 6.45) is 0. The molecule has 0 radical (unpaired) electrons. The summed E-state index contributed by atoms with van der Waals surface area (Å²) in [5.74, 6) is 0.293. The van der Waals surface area contributed by atoms with Crippen molar-refractivity contribution in [3.8, 4) is 0 Å². The Kier molecular flexibility index (Phi) is 2.91. The Morgan fingerprint density at radius 1 is 1.32 bits per heavy atom. The highest BCUT2D eigenvalue weighted by Crippen LogP contribution is 2.29. The van der Waals surface area contributed by atoms with Gasteiger partial charge in [-0.3, -0.25) is 4.79 Å². The van der Waals surface area contributed by atoms with Crippen LogP contribution in [0.4, 0.5) is 0 Å². The van der Waals surface area contributed by atoms with Crippen molar-refractivity contribution in [2.45, 2.75) is 24.1 Å². The Balaban J connectivity index is 1.89. The number of benzene rings is 1. The van der Waals surface area contributed by atoms with E-state index in [1.54, 1.807) is 12.1 Å². The van der Waals surface area contributed by atoms with Gasteiger partial charge in [-0.1, -0.05) is 6.07 Å². The molecular formula is C14H12N2O2S. The van der Waals surface area contributed by atoms with Gasteiger partial charge in [0.15, 0.2) is 21.8 Å². The Bertz CT molecular complexity index is 758. The molecule has 0 spiro atoms. The Morgan fingerprint density at radius 2 is 2.16 bits per heavy atom. The summed E-state index contributed by atoms with van der Waals surface area (Å²) >= 11 is 1.37. The van der Waals surface area contributed by atoms with Crippen LogP contribution in [0.15, 0.2) is 45.0 Å². The highest BCUT2D eigenvalue weighted by atomic mass is 32.2. The molecule has 0 saturated carbocycles. The number of rotatable bonds is 3. The fourth-order valence-electron chi connectivity index (χ4n) is 1.81. The SMILES string of the molecule is CC(=O)c1ccc(Sc2nc3ccc(C)cc3[nH]2)o1. The van der Waals surface area contributed by atoms with E-state index >= 15 is 0 Å². The van der Waals surface area contributed by atoms with Gasteiger partial charge in [-0.15, -0.1) is 0 Å². The molecule has 2 heterocycles. The first-order valence-electron chi connectivity index (χ1n) is 5.87. The molecule has 0 saturated heterocycles. The van der Waals surface area contributed by atoms with Crippen LogP contribution in [-0.4, -0.2) is 15.8 Å². The minimum absolute atomic E-state index is 0.0768. The molecule has 3 aromatic rings. The molecule has 5 heteroatoms. The van der Waals surface area contributed by atoms with E-state index in [-0.39, 0.29) is 5.78 Å². The molecule has 1 N–H and O–H groups in total. The lowest BCUT2D eigenvalue weighted by Crippen LogP contribution is -1.85. The zero-order valence-corrected chi connectivity index (χ0v) is 11.4. The maximum Gasteiger partial charge on any atom is 0.194 e. The molecule has 96 valence electrons. The number of Topliss-reactive ketones (excluding diaryl/α,β-unsaturated/α-hetero) is 1. The summed E-state index contributed by atoms with van der Waals surface area (Å²) in [5, 5.41) is 1.41. The fourth-order valence-corrected chi connectivity index (χ4v) is 2.57. The second kappa shape index (κ2) is 4.59. The van der Waals surface area contributed by atoms with Crippen molar-refractivity contribution in [1.82, 2.24) is 9.97 Å². The van der Waals surface area contributed by atoms with E-state index in [4.69, 9.17) is 4.42 Å². The molecule has 0 aliphatic rings. The number of aryl methyl sites for hydroxylation is 1. The smallest absolute Gasteiger partial charge is 0.194 e. The molecule has 2 aromatic heterocycles. The van der Waals surface area contributed by atoms with E-state index in [1.807, 2.05) is 19.1 Å². The van der Waals surface area contributed by atoms with Crippen LogP contribution in [0, 0.1) is 6.92 Å². The number of imidazole rings is 1. The highest BCUT2D eigenvalue weighted by molar-refractivity contribution is 7.99. The number of hydrogen-bond acceptors (Lipinski definition) is 4. The Morgan fingerprint density at radius 3 is 2.89 bits per heavy atom. The van der Waals surface area contributed by atoms with Gasteiger partial charge in [0.25, 0.3) is 0 Å². The molecule has 0 aliphatic carbocycles. The minimum Gasteiger partial charge on any atom is -0.446 e. The van der Waals surface area contributed by atoms with Gasteiger partial charge in [0, 0.05) is 6.92 Å². The fraction of sp³-hybridized carbons (Fsp3) is 0.143. The third-order valence-electron chi connectivity index (χ3n) is 2.74. The predicted octanol–water partition coefficient (Wildman–Crippen LogP) is 3.82. The summed E-state index contributed by atoms with van der Waals surface area (Å²) in [7, 11) is 0. The van der Waals surface area contributed by atoms with Gasteiger partial charge < -0.3 is 9.40 Å². The second-order valence-corrected chi connectivity index (χ2v) is 5.33. The van der Waals surface area contributed by atoms with Crippen LogP contribution in [0.1, 0.15) is 23.0 Å². The number of furan rings is 1. The van der Waals surface area contributed by atoms with Crippen LogP contribution in [0.5, 0.6) is 0 Å². The van der Waals surface area contributed by atoms with Crippen LogP contribution in [-0.2, 0) is 0 Å². The number of fused-ring (bicyclic) bond motifs is 1. The molecule has 0 unspecified atom stereocenters. The molecule has 0 amide bonds. The molecule has 19 heavy (non-hydrogen) atoms. The van der Waals surface area contributed by atoms with Crippen molar-refractivity contribution in [2.24, 2.45) is 0 Å². The number of nitrogens with one attached hydrogen (secondary N) is 1. The number of aromatic nitrogens is 2. The number of H-pyrrole nitrogens is 1. The first kappa shape index (κ1) is 12.0. The number of ketones is 1. The van der Waals surface area contributed by atoms with Gasteiger partial charge >= 0.3 is 0 Å². The van der Waals surface area contributed by atoms with Crippen molar-refractivity contribution in [3.05, 3.63) is 41.7 Å². The Hall–Kier alpha value is -2.01. The average Bonchev–Trinajstić information content (AvgIpc) is 2.95. The number of carbonyl (C=O) groups is 1. The van der Waals surface area contributed by atoms with Gasteiger partial charge in [0.05, 0.1) is 11.0 Å². The molecule has 0 fully saturated rings. The molecule has 0 aliphatic heterocycles. The largest absolute Gasteiger partial charge is 0.446 e. The minimum atomic E-state index is -0.0768. The summed E-state index contributed by atoms with van der Waals surface area (Å²) in [4.78, 5) is 18.9. The lowest BCUT2D eigenvalue weighted by Gasteiger charge is -1.91. The maximum absolute atomic E-state index is 11.2. The van der Waals surface area contributed by atoms with Crippen molar-refractivity contribution < 1.29 is 9.21 Å². The zero-order valence-electron chi connectivity index (χ0n) is 10.6. The van der Waals surface area contributed by atoms with Crippen LogP contribution < -0.4 is 0 Å². The van der Waals surface area contributed by atoms with Gasteiger partial charge in [0.2, 0.25) is 0 Å². The van der Waals surface area contributed by atoms with E-state index in [0.29, 0.717) is 10.9 Å². The highest BCUT2D eigenvalue weighted by Gasteiger charge is 2.10. The van der Waals surface area contributed by atoms with Crippen LogP contribution in [0.3, 0.4) is 0 Å². The van der Waals surface area contributed by atoms with Crippen LogP contribution in [0.2, 0.25) is 0 Å². The normalized spacial score (nSPS) is 11.1. The first-order chi connectivity index (χ1) is 9.11. The average molecular weight is 272 g/mol. The number of carbonyl (C=O) groups excluding carboxylic acids is 1. The van der Waals surface area contributed by atoms with Gasteiger partial charge in [0.1, 0.15) is 0 Å². The second-order valence-electron chi connectivity index (χ2n) is 4.34. The third-order valence-corrected chi connectivity index (χ3v) is 3.55. The summed E-state index contributed by atoms with van der Waals surface area (Å²) in [5.41, 5.74) is 3.11. The molecule has 0 atom stereocenters. The van der Waals surface area contributed by atoms with Crippen LogP contribution in [0.25, 0.3) is 11.0 Å². The lowest BCUT2D eigenvalue weighted by atomic mass is 10.2. The lowest BCUT2D eigenvalue weighted by molar-refractivity contribution is 0.0982. The van der Waals surface area contributed by atoms with Gasteiger partial charge in [-0.05, 0) is 48.5 Å². The zero-order chi connectivity index (χ0) is 13.4. The molecule has 3 rings (SSSR count). The van der Waals surface area contributed by atoms with Gasteiger partial charge in [-0.2, -0.15) is 0 Å². The number of aromatic amines is 1. The van der Waals surface area contributed by atoms with Crippen molar-refractivity contribution in [2.75, 3.05) is 0 Å². The number of hydrogen-bond donors (Lipinski definition) is 1. The predicted molar refractivity (Wildman–Crippen MR) is 73.7 cm³/mol. The van der Waals surface area contributed by atoms with E-state index in [2.05, 4.69) is 16.0 Å². The van der Waals surface area contributed by atoms with Crippen molar-refractivity contribution >= 4 is 28.6 Å². The van der Waals surface area contributed by atoms with Crippen molar-refractivity contribution in [1.29, 1.82) is 0 Å². The van der Waals surface area contributed by atoms with Crippen LogP contribution >= 0.6 is 11.8 Å². The summed E-state index contributed by atoms with van der Waals surface area (Å²) in [6, 6.07) is 9.51. The summed E-state index contributed by atoms with van der Waals surface area (Å²) in [6.45, 7) is 3.52. The number of nitrogens with zero attached hydrogens (tertiary/aromatic N) is 1. The standard InChI is InChI=1S/C14H12N2O2S/c1-8-3-4-10-11(7-8)16-14(15-10)19-13-6-5-12(18-13)9(2)17/h3-7H,1-2H3,(H,15,16). The van der Waals surface area contributed by atoms with E-state index < -0.39 is 0 Å². The maximum atomic E-state index is 11.2. The molecule has 0 bridgehead atoms. The Labute approximate surface area is 114 Å². The summed E-state index contributed by atoms with van der Waals surface area (Å²) < 4.78 is 5.42. The first-order valence-corrected chi connectivity index (χ1v) is 6.68. The monoisotopic (exact) mass is 272 g/mol. The van der Waals surface area contributed by atoms with Crippen molar-refractivity contribution in [3.63, 3.8) is 0 Å². The molecule has 4 nitrogen and oxygen atoms in total. The molecule has 1 aromatic carbocycles. The van der Waals surface area contributed by atoms with E-state index in [1.165, 1.54) is 24.2 Å². The molecular weight excluding hydrogens is 260 g/mol. The van der Waals surface area contributed by atoms with E-state index in [9.17, 15) is 4.79 Å². The van der Waals surface area contributed by atoms with Gasteiger partial charge in [-0.25, -0.2) is 4.98 Å². The van der Waals surface area contributed by atoms with E-state index in [0.717, 1.165) is 16.2 Å².